The second-order valence-electron chi connectivity index (χ2n) is 14.1. The number of aliphatic hydroxyl groups is 1. The van der Waals surface area contributed by atoms with Gasteiger partial charge in [-0.25, -0.2) is 0 Å². The molecule has 3 nitrogen and oxygen atoms in total. The van der Waals surface area contributed by atoms with E-state index in [1.165, 1.54) is 31.3 Å². The molecule has 4 aliphatic carbocycles. The number of hydrogen-bond donors (Lipinski definition) is 1. The highest BCUT2D eigenvalue weighted by Crippen LogP contribution is 2.66. The van der Waals surface area contributed by atoms with Crippen LogP contribution < -0.4 is 0 Å². The van der Waals surface area contributed by atoms with Crippen molar-refractivity contribution in [3.63, 3.8) is 0 Å². The SMILES string of the molecule is C[C@]1(O)CC[C@@]2(C)C(=C[C@H](O[Si](C)(C)C)[C@H]3[C@@H]4CC[C@H](O[Si](C)(C)C)[C@@]4(C)CC[C@@H]32)C1. The van der Waals surface area contributed by atoms with E-state index in [1.807, 2.05) is 6.92 Å². The van der Waals surface area contributed by atoms with Crippen LogP contribution in [0.4, 0.5) is 0 Å². The average Bonchev–Trinajstić information content (AvgIpc) is 2.90. The lowest BCUT2D eigenvalue weighted by molar-refractivity contribution is -0.106. The standard InChI is InChI=1S/C26H48O3Si2/c1-24(27)14-15-25(2)18(17-24)16-21(28-30(4,5)6)23-19-10-11-22(29-31(7,8)9)26(19,3)13-12-20(23)25/h16,19-23,27H,10-15,17H2,1-9H3/t19-,20-,21-,22-,23-,24-,25-,26-/m0/s1. The number of fused-ring (bicyclic) bond motifs is 5. The number of rotatable bonds is 4. The van der Waals surface area contributed by atoms with Crippen molar-refractivity contribution < 1.29 is 14.0 Å². The van der Waals surface area contributed by atoms with Crippen molar-refractivity contribution in [3.8, 4) is 0 Å². The minimum atomic E-state index is -1.69. The predicted molar refractivity (Wildman–Crippen MR) is 134 cm³/mol. The van der Waals surface area contributed by atoms with Gasteiger partial charge in [-0.2, -0.15) is 0 Å². The maximum atomic E-state index is 10.9. The van der Waals surface area contributed by atoms with Crippen molar-refractivity contribution >= 4 is 16.6 Å². The lowest BCUT2D eigenvalue weighted by atomic mass is 9.46. The first-order chi connectivity index (χ1) is 14.0. The summed E-state index contributed by atoms with van der Waals surface area (Å²) in [6, 6.07) is 0. The summed E-state index contributed by atoms with van der Waals surface area (Å²) in [6.07, 6.45) is 11.1. The first kappa shape index (κ1) is 24.2. The topological polar surface area (TPSA) is 38.7 Å². The Bertz CT molecular complexity index is 734. The molecule has 0 unspecified atom stereocenters. The quantitative estimate of drug-likeness (QED) is 0.369. The average molecular weight is 465 g/mol. The molecule has 0 aromatic carbocycles. The molecule has 0 spiro atoms. The van der Waals surface area contributed by atoms with Crippen LogP contribution in [-0.4, -0.2) is 39.6 Å². The molecule has 3 saturated carbocycles. The predicted octanol–water partition coefficient (Wildman–Crippen LogP) is 6.75. The molecule has 1 N–H and O–H groups in total. The minimum absolute atomic E-state index is 0.212. The summed E-state index contributed by atoms with van der Waals surface area (Å²) in [5.74, 6) is 1.96. The molecule has 0 heterocycles. The highest BCUT2D eigenvalue weighted by Gasteiger charge is 2.62. The van der Waals surface area contributed by atoms with Gasteiger partial charge >= 0.3 is 0 Å². The molecule has 0 aromatic heterocycles. The molecule has 8 atom stereocenters. The van der Waals surface area contributed by atoms with Gasteiger partial charge in [0.15, 0.2) is 16.6 Å². The van der Waals surface area contributed by atoms with Gasteiger partial charge in [0.25, 0.3) is 0 Å². The van der Waals surface area contributed by atoms with E-state index < -0.39 is 22.2 Å². The second-order valence-corrected chi connectivity index (χ2v) is 23.0. The molecule has 0 bridgehead atoms. The van der Waals surface area contributed by atoms with Crippen LogP contribution in [0, 0.1) is 28.6 Å². The Morgan fingerprint density at radius 3 is 2.10 bits per heavy atom. The van der Waals surface area contributed by atoms with Crippen LogP contribution in [0.25, 0.3) is 0 Å². The first-order valence-electron chi connectivity index (χ1n) is 12.8. The lowest BCUT2D eigenvalue weighted by Crippen LogP contribution is -2.58. The monoisotopic (exact) mass is 464 g/mol. The third-order valence-corrected chi connectivity index (χ3v) is 11.3. The lowest BCUT2D eigenvalue weighted by Gasteiger charge is -2.61. The highest BCUT2D eigenvalue weighted by atomic mass is 28.4. The van der Waals surface area contributed by atoms with Crippen molar-refractivity contribution in [2.45, 2.75) is 123 Å². The molecule has 0 aliphatic heterocycles. The van der Waals surface area contributed by atoms with Crippen molar-refractivity contribution in [1.82, 2.24) is 0 Å². The van der Waals surface area contributed by atoms with E-state index in [2.05, 4.69) is 59.2 Å². The zero-order valence-corrected chi connectivity index (χ0v) is 23.7. The molecule has 0 saturated heterocycles. The Hall–Kier alpha value is 0.0538. The third kappa shape index (κ3) is 4.43. The van der Waals surface area contributed by atoms with Crippen LogP contribution in [0.15, 0.2) is 11.6 Å². The van der Waals surface area contributed by atoms with Crippen molar-refractivity contribution in [2.24, 2.45) is 28.6 Å². The van der Waals surface area contributed by atoms with Gasteiger partial charge in [-0.15, -0.1) is 0 Å². The van der Waals surface area contributed by atoms with Crippen LogP contribution in [-0.2, 0) is 8.85 Å². The summed E-state index contributed by atoms with van der Waals surface area (Å²) in [7, 11) is -3.26. The van der Waals surface area contributed by atoms with E-state index in [0.717, 1.165) is 19.3 Å². The molecular formula is C26H48O3Si2. The third-order valence-electron chi connectivity index (χ3n) is 9.28. The Kier molecular flexibility index (Phi) is 5.87. The summed E-state index contributed by atoms with van der Waals surface area (Å²) in [6.45, 7) is 21.1. The van der Waals surface area contributed by atoms with E-state index in [1.54, 1.807) is 0 Å². The zero-order chi connectivity index (χ0) is 23.0. The van der Waals surface area contributed by atoms with Crippen LogP contribution in [0.5, 0.6) is 0 Å². The molecule has 0 amide bonds. The van der Waals surface area contributed by atoms with Crippen molar-refractivity contribution in [2.75, 3.05) is 0 Å². The smallest absolute Gasteiger partial charge is 0.184 e. The largest absolute Gasteiger partial charge is 0.414 e. The zero-order valence-electron chi connectivity index (χ0n) is 21.7. The van der Waals surface area contributed by atoms with Gasteiger partial charge in [-0.1, -0.05) is 25.5 Å². The van der Waals surface area contributed by atoms with E-state index in [9.17, 15) is 5.11 Å². The minimum Gasteiger partial charge on any atom is -0.414 e. The van der Waals surface area contributed by atoms with Crippen LogP contribution in [0.3, 0.4) is 0 Å². The Morgan fingerprint density at radius 1 is 0.839 bits per heavy atom. The van der Waals surface area contributed by atoms with Crippen molar-refractivity contribution in [1.29, 1.82) is 0 Å². The van der Waals surface area contributed by atoms with Gasteiger partial charge < -0.3 is 14.0 Å². The van der Waals surface area contributed by atoms with Gasteiger partial charge in [0.2, 0.25) is 0 Å². The molecule has 5 heteroatoms. The van der Waals surface area contributed by atoms with Crippen LogP contribution in [0.2, 0.25) is 39.3 Å². The van der Waals surface area contributed by atoms with E-state index >= 15 is 0 Å². The summed E-state index contributed by atoms with van der Waals surface area (Å²) < 4.78 is 13.8. The van der Waals surface area contributed by atoms with Gasteiger partial charge in [0, 0.05) is 0 Å². The molecule has 31 heavy (non-hydrogen) atoms. The molecule has 0 radical (unpaired) electrons. The first-order valence-corrected chi connectivity index (χ1v) is 19.7. The second kappa shape index (κ2) is 7.53. The molecular weight excluding hydrogens is 416 g/mol. The van der Waals surface area contributed by atoms with Gasteiger partial charge in [-0.3, -0.25) is 0 Å². The van der Waals surface area contributed by atoms with Crippen LogP contribution >= 0.6 is 0 Å². The maximum absolute atomic E-state index is 10.9. The maximum Gasteiger partial charge on any atom is 0.184 e. The van der Waals surface area contributed by atoms with E-state index in [-0.39, 0.29) is 16.9 Å². The summed E-state index contributed by atoms with van der Waals surface area (Å²) in [4.78, 5) is 0. The molecule has 0 aromatic rings. The Morgan fingerprint density at radius 2 is 1.48 bits per heavy atom. The van der Waals surface area contributed by atoms with Gasteiger partial charge in [0.05, 0.1) is 17.8 Å². The fraction of sp³-hybridized carbons (Fsp3) is 0.923. The fourth-order valence-corrected chi connectivity index (χ4v) is 10.1. The summed E-state index contributed by atoms with van der Waals surface area (Å²) in [5.41, 5.74) is 1.44. The molecule has 4 rings (SSSR count). The molecule has 3 fully saturated rings. The molecule has 178 valence electrons. The fourth-order valence-electron chi connectivity index (χ4n) is 7.86. The Labute approximate surface area is 193 Å². The van der Waals surface area contributed by atoms with E-state index in [0.29, 0.717) is 23.9 Å². The molecule has 4 aliphatic rings. The number of hydrogen-bond acceptors (Lipinski definition) is 3. The Balaban J connectivity index is 1.73. The van der Waals surface area contributed by atoms with Crippen LogP contribution in [0.1, 0.15) is 65.7 Å². The summed E-state index contributed by atoms with van der Waals surface area (Å²) in [5, 5.41) is 10.9. The van der Waals surface area contributed by atoms with E-state index in [4.69, 9.17) is 8.85 Å². The van der Waals surface area contributed by atoms with Crippen molar-refractivity contribution in [3.05, 3.63) is 11.6 Å². The van der Waals surface area contributed by atoms with Gasteiger partial charge in [-0.05, 0) is 120 Å². The highest BCUT2D eigenvalue weighted by molar-refractivity contribution is 6.70. The summed E-state index contributed by atoms with van der Waals surface area (Å²) >= 11 is 0. The normalized spacial score (nSPS) is 47.9. The van der Waals surface area contributed by atoms with Gasteiger partial charge in [0.1, 0.15) is 0 Å².